The van der Waals surface area contributed by atoms with Gasteiger partial charge in [-0.1, -0.05) is 0 Å². The molecule has 1 aliphatic carbocycles. The second kappa shape index (κ2) is 5.48. The third kappa shape index (κ3) is 2.64. The lowest BCUT2D eigenvalue weighted by atomic mass is 9.77. The summed E-state index contributed by atoms with van der Waals surface area (Å²) in [4.78, 5) is 0. The van der Waals surface area contributed by atoms with E-state index < -0.39 is 0 Å². The molecule has 1 saturated carbocycles. The molecule has 0 bridgehead atoms. The zero-order chi connectivity index (χ0) is 11.4. The molecule has 1 aromatic rings. The van der Waals surface area contributed by atoms with Crippen LogP contribution in [-0.2, 0) is 4.74 Å². The highest BCUT2D eigenvalue weighted by Gasteiger charge is 2.31. The second-order valence-electron chi connectivity index (χ2n) is 4.43. The number of furan rings is 1. The number of hydrogen-bond acceptors (Lipinski definition) is 4. The minimum absolute atomic E-state index is 0.200. The summed E-state index contributed by atoms with van der Waals surface area (Å²) in [6.45, 7) is 2.86. The van der Waals surface area contributed by atoms with E-state index in [-0.39, 0.29) is 6.04 Å². The van der Waals surface area contributed by atoms with Crippen molar-refractivity contribution in [2.75, 3.05) is 6.61 Å². The quantitative estimate of drug-likeness (QED) is 0.573. The molecule has 2 rings (SSSR count). The van der Waals surface area contributed by atoms with Gasteiger partial charge in [-0.05, 0) is 38.2 Å². The Morgan fingerprint density at radius 3 is 3.00 bits per heavy atom. The molecule has 90 valence electrons. The van der Waals surface area contributed by atoms with Gasteiger partial charge in [0.05, 0.1) is 18.6 Å². The standard InChI is InChI=1S/C12H20N2O2/c1-2-16-11-5-9(6-11)7-12(14-13)10-3-4-15-8-10/h3-4,8-9,11-12,14H,2,5-7,13H2,1H3. The van der Waals surface area contributed by atoms with Crippen LogP contribution in [0.3, 0.4) is 0 Å². The lowest BCUT2D eigenvalue weighted by Gasteiger charge is -2.36. The topological polar surface area (TPSA) is 60.4 Å². The first-order chi connectivity index (χ1) is 7.83. The normalized spacial score (nSPS) is 26.4. The fourth-order valence-corrected chi connectivity index (χ4v) is 2.35. The zero-order valence-corrected chi connectivity index (χ0v) is 9.69. The molecule has 0 radical (unpaired) electrons. The van der Waals surface area contributed by atoms with Crippen LogP contribution in [0, 0.1) is 5.92 Å². The summed E-state index contributed by atoms with van der Waals surface area (Å²) in [5.41, 5.74) is 3.98. The summed E-state index contributed by atoms with van der Waals surface area (Å²) >= 11 is 0. The van der Waals surface area contributed by atoms with Gasteiger partial charge in [-0.15, -0.1) is 0 Å². The second-order valence-corrected chi connectivity index (χ2v) is 4.43. The highest BCUT2D eigenvalue weighted by molar-refractivity contribution is 5.11. The molecule has 0 saturated heterocycles. The lowest BCUT2D eigenvalue weighted by Crippen LogP contribution is -2.36. The summed E-state index contributed by atoms with van der Waals surface area (Å²) < 4.78 is 10.6. The summed E-state index contributed by atoms with van der Waals surface area (Å²) in [5.74, 6) is 6.28. The van der Waals surface area contributed by atoms with Gasteiger partial charge in [0, 0.05) is 18.2 Å². The Morgan fingerprint density at radius 2 is 2.44 bits per heavy atom. The Kier molecular flexibility index (Phi) is 3.98. The average molecular weight is 224 g/mol. The fraction of sp³-hybridized carbons (Fsp3) is 0.667. The molecule has 1 atom stereocenters. The van der Waals surface area contributed by atoms with Crippen molar-refractivity contribution in [2.24, 2.45) is 11.8 Å². The van der Waals surface area contributed by atoms with E-state index in [4.69, 9.17) is 15.0 Å². The molecule has 1 fully saturated rings. The van der Waals surface area contributed by atoms with E-state index in [2.05, 4.69) is 5.43 Å². The van der Waals surface area contributed by atoms with Crippen LogP contribution in [0.25, 0.3) is 0 Å². The largest absolute Gasteiger partial charge is 0.472 e. The van der Waals surface area contributed by atoms with Crippen molar-refractivity contribution in [2.45, 2.75) is 38.3 Å². The van der Waals surface area contributed by atoms with Crippen molar-refractivity contribution in [3.63, 3.8) is 0 Å². The monoisotopic (exact) mass is 224 g/mol. The Hall–Kier alpha value is -0.840. The minimum atomic E-state index is 0.200. The van der Waals surface area contributed by atoms with Crippen molar-refractivity contribution >= 4 is 0 Å². The molecule has 4 heteroatoms. The summed E-state index contributed by atoms with van der Waals surface area (Å²) in [7, 11) is 0. The van der Waals surface area contributed by atoms with Gasteiger partial charge < -0.3 is 9.15 Å². The number of ether oxygens (including phenoxy) is 1. The van der Waals surface area contributed by atoms with Gasteiger partial charge in [0.2, 0.25) is 0 Å². The van der Waals surface area contributed by atoms with Gasteiger partial charge >= 0.3 is 0 Å². The van der Waals surface area contributed by atoms with Gasteiger partial charge in [-0.2, -0.15) is 0 Å². The first-order valence-electron chi connectivity index (χ1n) is 5.93. The van der Waals surface area contributed by atoms with E-state index >= 15 is 0 Å². The third-order valence-corrected chi connectivity index (χ3v) is 3.31. The summed E-state index contributed by atoms with van der Waals surface area (Å²) in [6.07, 6.45) is 7.28. The first kappa shape index (κ1) is 11.6. The van der Waals surface area contributed by atoms with E-state index in [1.807, 2.05) is 13.0 Å². The Balaban J connectivity index is 1.77. The molecule has 0 spiro atoms. The molecule has 1 aromatic heterocycles. The molecule has 1 heterocycles. The van der Waals surface area contributed by atoms with Crippen molar-refractivity contribution in [3.05, 3.63) is 24.2 Å². The predicted octanol–water partition coefficient (Wildman–Crippen LogP) is 1.99. The zero-order valence-electron chi connectivity index (χ0n) is 9.69. The summed E-state index contributed by atoms with van der Waals surface area (Å²) in [6, 6.07) is 2.16. The Labute approximate surface area is 96.1 Å². The summed E-state index contributed by atoms with van der Waals surface area (Å²) in [5, 5.41) is 0. The maximum absolute atomic E-state index is 5.56. The molecule has 3 N–H and O–H groups in total. The van der Waals surface area contributed by atoms with Gasteiger partial charge in [0.1, 0.15) is 0 Å². The van der Waals surface area contributed by atoms with Crippen molar-refractivity contribution in [3.8, 4) is 0 Å². The molecule has 16 heavy (non-hydrogen) atoms. The molecule has 4 nitrogen and oxygen atoms in total. The number of hydrazine groups is 1. The van der Waals surface area contributed by atoms with Gasteiger partial charge in [-0.3, -0.25) is 11.3 Å². The molecule has 1 aliphatic rings. The highest BCUT2D eigenvalue weighted by atomic mass is 16.5. The number of nitrogens with one attached hydrogen (secondary N) is 1. The van der Waals surface area contributed by atoms with Crippen LogP contribution in [-0.4, -0.2) is 12.7 Å². The van der Waals surface area contributed by atoms with Crippen LogP contribution in [0.5, 0.6) is 0 Å². The number of hydrogen-bond donors (Lipinski definition) is 2. The van der Waals surface area contributed by atoms with Crippen LogP contribution in [0.4, 0.5) is 0 Å². The van der Waals surface area contributed by atoms with E-state index in [1.165, 1.54) is 0 Å². The fourth-order valence-electron chi connectivity index (χ4n) is 2.35. The SMILES string of the molecule is CCOC1CC(CC(NN)c2ccoc2)C1. The molecular formula is C12H20N2O2. The van der Waals surface area contributed by atoms with Gasteiger partial charge in [0.25, 0.3) is 0 Å². The van der Waals surface area contributed by atoms with E-state index in [0.717, 1.165) is 31.4 Å². The van der Waals surface area contributed by atoms with E-state index in [9.17, 15) is 0 Å². The van der Waals surface area contributed by atoms with E-state index in [1.54, 1.807) is 12.5 Å². The molecule has 0 aliphatic heterocycles. The lowest BCUT2D eigenvalue weighted by molar-refractivity contribution is -0.0291. The van der Waals surface area contributed by atoms with Crippen molar-refractivity contribution in [1.29, 1.82) is 0 Å². The number of nitrogens with two attached hydrogens (primary N) is 1. The average Bonchev–Trinajstić information content (AvgIpc) is 2.74. The maximum Gasteiger partial charge on any atom is 0.0950 e. The van der Waals surface area contributed by atoms with Gasteiger partial charge in [-0.25, -0.2) is 0 Å². The van der Waals surface area contributed by atoms with Crippen LogP contribution < -0.4 is 11.3 Å². The van der Waals surface area contributed by atoms with Crippen LogP contribution >= 0.6 is 0 Å². The smallest absolute Gasteiger partial charge is 0.0950 e. The molecule has 0 aromatic carbocycles. The Morgan fingerprint density at radius 1 is 1.62 bits per heavy atom. The van der Waals surface area contributed by atoms with Gasteiger partial charge in [0.15, 0.2) is 0 Å². The first-order valence-corrected chi connectivity index (χ1v) is 5.93. The predicted molar refractivity (Wildman–Crippen MR) is 61.5 cm³/mol. The van der Waals surface area contributed by atoms with Crippen LogP contribution in [0.15, 0.2) is 23.0 Å². The van der Waals surface area contributed by atoms with Crippen LogP contribution in [0.1, 0.15) is 37.8 Å². The molecule has 0 amide bonds. The number of rotatable bonds is 6. The minimum Gasteiger partial charge on any atom is -0.472 e. The van der Waals surface area contributed by atoms with E-state index in [0.29, 0.717) is 12.0 Å². The van der Waals surface area contributed by atoms with Crippen molar-refractivity contribution in [1.82, 2.24) is 5.43 Å². The maximum atomic E-state index is 5.56. The highest BCUT2D eigenvalue weighted by Crippen LogP contribution is 2.36. The Bertz CT molecular complexity index is 294. The molecule has 1 unspecified atom stereocenters. The van der Waals surface area contributed by atoms with Crippen molar-refractivity contribution < 1.29 is 9.15 Å². The third-order valence-electron chi connectivity index (χ3n) is 3.31. The molecular weight excluding hydrogens is 204 g/mol. The van der Waals surface area contributed by atoms with Crippen LogP contribution in [0.2, 0.25) is 0 Å².